The van der Waals surface area contributed by atoms with E-state index in [9.17, 15) is 10.4 Å². The lowest BCUT2D eigenvalue weighted by Gasteiger charge is -2.04. The van der Waals surface area contributed by atoms with Crippen LogP contribution in [0.5, 0.6) is 0 Å². The summed E-state index contributed by atoms with van der Waals surface area (Å²) in [5.41, 5.74) is 1.93. The summed E-state index contributed by atoms with van der Waals surface area (Å²) < 4.78 is 4.77. The molecule has 0 aliphatic heterocycles. The van der Waals surface area contributed by atoms with Gasteiger partial charge in [0.2, 0.25) is 0 Å². The van der Waals surface area contributed by atoms with E-state index in [1.165, 1.54) is 0 Å². The number of aromatic nitrogens is 2. The van der Waals surface area contributed by atoms with Crippen molar-refractivity contribution < 1.29 is 15.0 Å². The minimum Gasteiger partial charge on any atom is -0.410 e. The Kier molecular flexibility index (Phi) is 4.10. The third kappa shape index (κ3) is 2.80. The molecular weight excluding hydrogens is 296 g/mol. The number of benzene rings is 2. The standard InChI is InChI=1S/C16H12N4O3/c21-17-13(11-7-3-1-4-8-11)15-16(20-23-19-15)14(18-22)12-9-5-2-6-10-12/h1-10,21-22H/b17-13+,18-14+. The van der Waals surface area contributed by atoms with Gasteiger partial charge in [0.05, 0.1) is 0 Å². The summed E-state index contributed by atoms with van der Waals surface area (Å²) in [5.74, 6) is 0. The molecule has 0 fully saturated rings. The molecule has 7 nitrogen and oxygen atoms in total. The highest BCUT2D eigenvalue weighted by atomic mass is 16.6. The van der Waals surface area contributed by atoms with E-state index in [-0.39, 0.29) is 22.8 Å². The molecule has 2 aromatic carbocycles. The number of hydrogen-bond donors (Lipinski definition) is 2. The highest BCUT2D eigenvalue weighted by Crippen LogP contribution is 2.16. The van der Waals surface area contributed by atoms with Gasteiger partial charge in [-0.3, -0.25) is 0 Å². The molecule has 0 atom stereocenters. The molecular formula is C16H12N4O3. The molecule has 3 rings (SSSR count). The number of oxime groups is 2. The van der Waals surface area contributed by atoms with Crippen molar-refractivity contribution >= 4 is 11.4 Å². The molecule has 0 radical (unpaired) electrons. The molecule has 0 aliphatic carbocycles. The molecule has 1 heterocycles. The van der Waals surface area contributed by atoms with Crippen LogP contribution in [0.1, 0.15) is 22.5 Å². The Labute approximate surface area is 131 Å². The van der Waals surface area contributed by atoms with Gasteiger partial charge in [0.15, 0.2) is 11.4 Å². The SMILES string of the molecule is O/N=C(\c1ccccc1)c1nonc1/C(=N/O)c1ccccc1. The van der Waals surface area contributed by atoms with E-state index >= 15 is 0 Å². The van der Waals surface area contributed by atoms with Crippen molar-refractivity contribution in [2.24, 2.45) is 10.3 Å². The van der Waals surface area contributed by atoms with Crippen LogP contribution in [0, 0.1) is 0 Å². The van der Waals surface area contributed by atoms with Gasteiger partial charge in [0, 0.05) is 11.1 Å². The van der Waals surface area contributed by atoms with Crippen molar-refractivity contribution in [1.29, 1.82) is 0 Å². The molecule has 0 unspecified atom stereocenters. The third-order valence-corrected chi connectivity index (χ3v) is 3.23. The topological polar surface area (TPSA) is 104 Å². The van der Waals surface area contributed by atoms with Gasteiger partial charge in [-0.25, -0.2) is 4.63 Å². The molecule has 7 heteroatoms. The summed E-state index contributed by atoms with van der Waals surface area (Å²) in [6.45, 7) is 0. The average Bonchev–Trinajstić information content (AvgIpc) is 3.07. The molecule has 3 aromatic rings. The van der Waals surface area contributed by atoms with E-state index in [1.807, 2.05) is 12.1 Å². The highest BCUT2D eigenvalue weighted by Gasteiger charge is 2.24. The van der Waals surface area contributed by atoms with Crippen LogP contribution < -0.4 is 0 Å². The van der Waals surface area contributed by atoms with Gasteiger partial charge in [0.1, 0.15) is 11.4 Å². The van der Waals surface area contributed by atoms with Crippen molar-refractivity contribution in [2.75, 3.05) is 0 Å². The van der Waals surface area contributed by atoms with Crippen LogP contribution in [0.2, 0.25) is 0 Å². The van der Waals surface area contributed by atoms with Crippen molar-refractivity contribution in [3.8, 4) is 0 Å². The fourth-order valence-electron chi connectivity index (χ4n) is 2.17. The highest BCUT2D eigenvalue weighted by molar-refractivity contribution is 6.20. The Balaban J connectivity index is 2.09. The Morgan fingerprint density at radius 1 is 0.696 bits per heavy atom. The van der Waals surface area contributed by atoms with E-state index in [1.54, 1.807) is 48.5 Å². The normalized spacial score (nSPS) is 12.3. The lowest BCUT2D eigenvalue weighted by molar-refractivity contribution is 0.301. The zero-order valence-corrected chi connectivity index (χ0v) is 11.9. The van der Waals surface area contributed by atoms with E-state index in [2.05, 4.69) is 20.6 Å². The summed E-state index contributed by atoms with van der Waals surface area (Å²) in [7, 11) is 0. The molecule has 0 spiro atoms. The van der Waals surface area contributed by atoms with Gasteiger partial charge in [-0.2, -0.15) is 0 Å². The lowest BCUT2D eigenvalue weighted by Crippen LogP contribution is -2.13. The minimum atomic E-state index is 0.166. The Bertz CT molecular complexity index is 772. The zero-order valence-electron chi connectivity index (χ0n) is 11.9. The van der Waals surface area contributed by atoms with Gasteiger partial charge in [-0.05, 0) is 10.3 Å². The van der Waals surface area contributed by atoms with Crippen molar-refractivity contribution in [3.05, 3.63) is 83.2 Å². The molecule has 1 aromatic heterocycles. The second-order valence-corrected chi connectivity index (χ2v) is 4.59. The predicted octanol–water partition coefficient (Wildman–Crippen LogP) is 2.52. The number of rotatable bonds is 4. The average molecular weight is 308 g/mol. The first-order chi connectivity index (χ1) is 11.3. The number of nitrogens with zero attached hydrogens (tertiary/aromatic N) is 4. The van der Waals surface area contributed by atoms with E-state index in [4.69, 9.17) is 4.63 Å². The Morgan fingerprint density at radius 3 is 1.43 bits per heavy atom. The van der Waals surface area contributed by atoms with Crippen molar-refractivity contribution in [3.63, 3.8) is 0 Å². The Hall–Kier alpha value is -3.48. The Morgan fingerprint density at radius 2 is 1.09 bits per heavy atom. The minimum absolute atomic E-state index is 0.166. The molecule has 0 amide bonds. The van der Waals surface area contributed by atoms with Crippen LogP contribution in [-0.4, -0.2) is 32.2 Å². The molecule has 114 valence electrons. The fraction of sp³-hybridized carbons (Fsp3) is 0. The first-order valence-electron chi connectivity index (χ1n) is 6.73. The fourth-order valence-corrected chi connectivity index (χ4v) is 2.17. The summed E-state index contributed by atoms with van der Waals surface area (Å²) in [6, 6.07) is 17.9. The quantitative estimate of drug-likeness (QED) is 0.438. The maximum atomic E-state index is 9.38. The molecule has 2 N–H and O–H groups in total. The smallest absolute Gasteiger partial charge is 0.167 e. The van der Waals surface area contributed by atoms with Crippen LogP contribution in [-0.2, 0) is 0 Å². The van der Waals surface area contributed by atoms with E-state index in [0.717, 1.165) is 0 Å². The predicted molar refractivity (Wildman–Crippen MR) is 82.0 cm³/mol. The van der Waals surface area contributed by atoms with Crippen LogP contribution in [0.25, 0.3) is 0 Å². The van der Waals surface area contributed by atoms with E-state index in [0.29, 0.717) is 11.1 Å². The maximum absolute atomic E-state index is 9.38. The summed E-state index contributed by atoms with van der Waals surface area (Å²) >= 11 is 0. The molecule has 0 saturated heterocycles. The van der Waals surface area contributed by atoms with Gasteiger partial charge in [-0.1, -0.05) is 71.0 Å². The summed E-state index contributed by atoms with van der Waals surface area (Å²) in [6.07, 6.45) is 0. The molecule has 0 saturated carbocycles. The first-order valence-corrected chi connectivity index (χ1v) is 6.73. The number of hydrogen-bond acceptors (Lipinski definition) is 7. The van der Waals surface area contributed by atoms with Crippen LogP contribution in [0.15, 0.2) is 75.6 Å². The molecule has 0 aliphatic rings. The van der Waals surface area contributed by atoms with Crippen LogP contribution in [0.3, 0.4) is 0 Å². The third-order valence-electron chi connectivity index (χ3n) is 3.23. The van der Waals surface area contributed by atoms with Crippen LogP contribution >= 0.6 is 0 Å². The lowest BCUT2D eigenvalue weighted by atomic mass is 10.0. The van der Waals surface area contributed by atoms with Crippen molar-refractivity contribution in [2.45, 2.75) is 0 Å². The first kappa shape index (κ1) is 14.5. The van der Waals surface area contributed by atoms with Gasteiger partial charge in [0.25, 0.3) is 0 Å². The zero-order chi connectivity index (χ0) is 16.1. The second kappa shape index (κ2) is 6.52. The molecule has 23 heavy (non-hydrogen) atoms. The van der Waals surface area contributed by atoms with Crippen LogP contribution in [0.4, 0.5) is 0 Å². The van der Waals surface area contributed by atoms with Crippen molar-refractivity contribution in [1.82, 2.24) is 10.3 Å². The van der Waals surface area contributed by atoms with Gasteiger partial charge >= 0.3 is 0 Å². The molecule has 0 bridgehead atoms. The second-order valence-electron chi connectivity index (χ2n) is 4.59. The monoisotopic (exact) mass is 308 g/mol. The summed E-state index contributed by atoms with van der Waals surface area (Å²) in [5, 5.41) is 32.9. The van der Waals surface area contributed by atoms with Gasteiger partial charge < -0.3 is 10.4 Å². The van der Waals surface area contributed by atoms with Gasteiger partial charge in [-0.15, -0.1) is 0 Å². The van der Waals surface area contributed by atoms with E-state index < -0.39 is 0 Å². The summed E-state index contributed by atoms with van der Waals surface area (Å²) in [4.78, 5) is 0. The maximum Gasteiger partial charge on any atom is 0.167 e. The largest absolute Gasteiger partial charge is 0.410 e.